The van der Waals surface area contributed by atoms with E-state index in [0.29, 0.717) is 12.0 Å². The summed E-state index contributed by atoms with van der Waals surface area (Å²) in [4.78, 5) is 12.2. The van der Waals surface area contributed by atoms with E-state index in [1.807, 2.05) is 20.8 Å². The van der Waals surface area contributed by atoms with E-state index in [1.165, 1.54) is 24.3 Å². The van der Waals surface area contributed by atoms with Crippen molar-refractivity contribution >= 4 is 29.2 Å². The van der Waals surface area contributed by atoms with Gasteiger partial charge in [0.1, 0.15) is 23.1 Å². The number of nitrogens with one attached hydrogen (secondary N) is 1. The van der Waals surface area contributed by atoms with Crippen molar-refractivity contribution in [3.05, 3.63) is 69.2 Å². The zero-order valence-electron chi connectivity index (χ0n) is 17.2. The maximum Gasteiger partial charge on any atom is 0.321 e. The predicted octanol–water partition coefficient (Wildman–Crippen LogP) is 5.68. The Morgan fingerprint density at radius 3 is 2.39 bits per heavy atom. The third kappa shape index (κ3) is 4.27. The molecule has 31 heavy (non-hydrogen) atoms. The van der Waals surface area contributed by atoms with Crippen LogP contribution in [-0.4, -0.2) is 23.2 Å². The van der Waals surface area contributed by atoms with Crippen LogP contribution < -0.4 is 5.32 Å². The molecule has 4 nitrogen and oxygen atoms in total. The standard InChI is InChI=1S/C23H22Cl2F2N2O2/c1-22(2,3)10-18-23(11-28,14-6-5-13(24)9-17(14)27)19(20(29-18)21(30)31)12-4-7-16(26)15(25)8-12/h4-9,18-20,29H,10H2,1-3H3,(H,30,31)/t18-,19-,20+,23-/m0/s1. The number of rotatable bonds is 4. The summed E-state index contributed by atoms with van der Waals surface area (Å²) in [6.07, 6.45) is 0.387. The van der Waals surface area contributed by atoms with E-state index in [0.717, 1.165) is 12.1 Å². The van der Waals surface area contributed by atoms with Gasteiger partial charge in [-0.15, -0.1) is 0 Å². The lowest BCUT2D eigenvalue weighted by Crippen LogP contribution is -2.44. The third-order valence-electron chi connectivity index (χ3n) is 5.70. The number of nitriles is 1. The second-order valence-corrected chi connectivity index (χ2v) is 9.90. The molecular weight excluding hydrogens is 445 g/mol. The molecule has 2 aromatic rings. The van der Waals surface area contributed by atoms with Crippen molar-refractivity contribution in [2.24, 2.45) is 5.41 Å². The minimum atomic E-state index is -1.60. The Kier molecular flexibility index (Phi) is 6.35. The Bertz CT molecular complexity index is 1060. The zero-order chi connectivity index (χ0) is 23.1. The molecular formula is C23H22Cl2F2N2O2. The summed E-state index contributed by atoms with van der Waals surface area (Å²) in [6.45, 7) is 5.85. The highest BCUT2D eigenvalue weighted by molar-refractivity contribution is 6.31. The molecule has 1 heterocycles. The summed E-state index contributed by atoms with van der Waals surface area (Å²) in [5, 5.41) is 23.5. The first kappa shape index (κ1) is 23.5. The van der Waals surface area contributed by atoms with Crippen LogP contribution in [0.2, 0.25) is 10.0 Å². The quantitative estimate of drug-likeness (QED) is 0.607. The summed E-state index contributed by atoms with van der Waals surface area (Å²) in [7, 11) is 0. The van der Waals surface area contributed by atoms with Gasteiger partial charge in [-0.25, -0.2) is 8.78 Å². The molecule has 0 bridgehead atoms. The van der Waals surface area contributed by atoms with E-state index < -0.39 is 41.0 Å². The molecule has 4 atom stereocenters. The Balaban J connectivity index is 2.34. The lowest BCUT2D eigenvalue weighted by Gasteiger charge is -2.37. The van der Waals surface area contributed by atoms with Crippen LogP contribution in [0.4, 0.5) is 8.78 Å². The number of carbonyl (C=O) groups is 1. The lowest BCUT2D eigenvalue weighted by molar-refractivity contribution is -0.139. The highest BCUT2D eigenvalue weighted by Gasteiger charge is 2.60. The average molecular weight is 467 g/mol. The number of carboxylic acid groups (broad SMARTS) is 1. The molecule has 1 saturated heterocycles. The largest absolute Gasteiger partial charge is 0.480 e. The Morgan fingerprint density at radius 1 is 1.19 bits per heavy atom. The Morgan fingerprint density at radius 2 is 1.87 bits per heavy atom. The molecule has 0 aliphatic carbocycles. The molecule has 0 unspecified atom stereocenters. The summed E-state index contributed by atoms with van der Waals surface area (Å²) >= 11 is 11.9. The number of benzene rings is 2. The van der Waals surface area contributed by atoms with Gasteiger partial charge in [0, 0.05) is 22.5 Å². The third-order valence-corrected chi connectivity index (χ3v) is 6.23. The van der Waals surface area contributed by atoms with Crippen LogP contribution in [0.25, 0.3) is 0 Å². The van der Waals surface area contributed by atoms with Crippen LogP contribution in [0.1, 0.15) is 44.2 Å². The monoisotopic (exact) mass is 466 g/mol. The van der Waals surface area contributed by atoms with Gasteiger partial charge in [0.15, 0.2) is 0 Å². The fourth-order valence-electron chi connectivity index (χ4n) is 4.52. The maximum absolute atomic E-state index is 15.2. The molecule has 2 aromatic carbocycles. The van der Waals surface area contributed by atoms with E-state index in [4.69, 9.17) is 23.2 Å². The first-order valence-corrected chi connectivity index (χ1v) is 10.5. The van der Waals surface area contributed by atoms with Gasteiger partial charge in [-0.3, -0.25) is 10.1 Å². The van der Waals surface area contributed by atoms with Crippen LogP contribution in [0.5, 0.6) is 0 Å². The number of hydrogen-bond donors (Lipinski definition) is 2. The fraction of sp³-hybridized carbons (Fsp3) is 0.391. The van der Waals surface area contributed by atoms with Gasteiger partial charge in [0.2, 0.25) is 0 Å². The highest BCUT2D eigenvalue weighted by atomic mass is 35.5. The highest BCUT2D eigenvalue weighted by Crippen LogP contribution is 2.52. The maximum atomic E-state index is 15.2. The molecule has 1 aliphatic rings. The number of carboxylic acids is 1. The topological polar surface area (TPSA) is 73.1 Å². The zero-order valence-corrected chi connectivity index (χ0v) is 18.7. The molecule has 0 saturated carbocycles. The minimum Gasteiger partial charge on any atom is -0.480 e. The van der Waals surface area contributed by atoms with Gasteiger partial charge in [-0.2, -0.15) is 5.26 Å². The van der Waals surface area contributed by atoms with Crippen molar-refractivity contribution in [1.82, 2.24) is 5.32 Å². The fourth-order valence-corrected chi connectivity index (χ4v) is 4.87. The summed E-state index contributed by atoms with van der Waals surface area (Å²) in [6, 6.07) is 8.13. The van der Waals surface area contributed by atoms with Crippen LogP contribution in [0.3, 0.4) is 0 Å². The van der Waals surface area contributed by atoms with Crippen LogP contribution in [0.15, 0.2) is 36.4 Å². The summed E-state index contributed by atoms with van der Waals surface area (Å²) in [5.41, 5.74) is -1.54. The van der Waals surface area contributed by atoms with Gasteiger partial charge < -0.3 is 5.11 Å². The van der Waals surface area contributed by atoms with Crippen molar-refractivity contribution in [2.75, 3.05) is 0 Å². The van der Waals surface area contributed by atoms with Crippen molar-refractivity contribution < 1.29 is 18.7 Å². The molecule has 0 radical (unpaired) electrons. The number of halogens is 4. The van der Waals surface area contributed by atoms with E-state index in [1.54, 1.807) is 0 Å². The number of aliphatic carboxylic acids is 1. The summed E-state index contributed by atoms with van der Waals surface area (Å²) in [5.74, 6) is -3.61. The first-order valence-electron chi connectivity index (χ1n) is 9.71. The number of hydrogen-bond acceptors (Lipinski definition) is 3. The molecule has 2 N–H and O–H groups in total. The number of nitrogens with zero attached hydrogens (tertiary/aromatic N) is 1. The molecule has 0 spiro atoms. The Labute approximate surface area is 189 Å². The molecule has 0 amide bonds. The average Bonchev–Trinajstić information content (AvgIpc) is 2.97. The smallest absolute Gasteiger partial charge is 0.321 e. The van der Waals surface area contributed by atoms with Crippen LogP contribution in [-0.2, 0) is 10.2 Å². The van der Waals surface area contributed by atoms with Crippen molar-refractivity contribution in [1.29, 1.82) is 5.26 Å². The molecule has 1 fully saturated rings. The van der Waals surface area contributed by atoms with E-state index in [9.17, 15) is 19.6 Å². The molecule has 3 rings (SSSR count). The van der Waals surface area contributed by atoms with Gasteiger partial charge in [0.05, 0.1) is 11.1 Å². The normalized spacial score (nSPS) is 25.9. The first-order chi connectivity index (χ1) is 14.4. The van der Waals surface area contributed by atoms with Crippen LogP contribution in [0, 0.1) is 28.4 Å². The van der Waals surface area contributed by atoms with Gasteiger partial charge in [0.25, 0.3) is 0 Å². The summed E-state index contributed by atoms with van der Waals surface area (Å²) < 4.78 is 29.0. The predicted molar refractivity (Wildman–Crippen MR) is 115 cm³/mol. The van der Waals surface area contributed by atoms with Gasteiger partial charge >= 0.3 is 5.97 Å². The molecule has 8 heteroatoms. The van der Waals surface area contributed by atoms with Crippen molar-refractivity contribution in [3.63, 3.8) is 0 Å². The van der Waals surface area contributed by atoms with Crippen LogP contribution >= 0.6 is 23.2 Å². The van der Waals surface area contributed by atoms with E-state index >= 15 is 4.39 Å². The second-order valence-electron chi connectivity index (χ2n) is 9.06. The Hall–Kier alpha value is -2.20. The second kappa shape index (κ2) is 8.38. The van der Waals surface area contributed by atoms with Crippen molar-refractivity contribution in [2.45, 2.75) is 50.6 Å². The lowest BCUT2D eigenvalue weighted by atomic mass is 9.63. The SMILES string of the molecule is CC(C)(C)C[C@@H]1N[C@@H](C(=O)O)[C@H](c2ccc(F)c(Cl)c2)[C@@]1(C#N)c1ccc(Cl)cc1F. The van der Waals surface area contributed by atoms with Gasteiger partial charge in [-0.1, -0.05) is 56.1 Å². The molecule has 0 aromatic heterocycles. The molecule has 1 aliphatic heterocycles. The van der Waals surface area contributed by atoms with Gasteiger partial charge in [-0.05, 0) is 41.7 Å². The van der Waals surface area contributed by atoms with Crippen molar-refractivity contribution in [3.8, 4) is 6.07 Å². The van der Waals surface area contributed by atoms with E-state index in [-0.39, 0.29) is 21.0 Å². The molecule has 164 valence electrons. The van der Waals surface area contributed by atoms with E-state index in [2.05, 4.69) is 11.4 Å². The minimum absolute atomic E-state index is 0.0374.